The number of nitrogens with zero attached hydrogens (tertiary/aromatic N) is 5. The summed E-state index contributed by atoms with van der Waals surface area (Å²) in [5.41, 5.74) is 10.2. The first-order chi connectivity index (χ1) is 14.2. The molecule has 0 atom stereocenters. The summed E-state index contributed by atoms with van der Waals surface area (Å²) in [4.78, 5) is 15.7. The molecule has 140 valence electrons. The van der Waals surface area contributed by atoms with Crippen LogP contribution in [0.3, 0.4) is 0 Å². The number of aromatic nitrogens is 2. The Morgan fingerprint density at radius 1 is 0.655 bits per heavy atom. The van der Waals surface area contributed by atoms with Crippen molar-refractivity contribution in [3.8, 4) is 11.3 Å². The summed E-state index contributed by atoms with van der Waals surface area (Å²) in [7, 11) is 4.26. The second kappa shape index (κ2) is 5.82. The van der Waals surface area contributed by atoms with Gasteiger partial charge in [-0.15, -0.1) is 0 Å². The fourth-order valence-electron chi connectivity index (χ4n) is 4.44. The van der Waals surface area contributed by atoms with Crippen molar-refractivity contribution in [2.45, 2.75) is 0 Å². The molecule has 0 radical (unpaired) electrons. The summed E-state index contributed by atoms with van der Waals surface area (Å²) in [5, 5.41) is 0. The van der Waals surface area contributed by atoms with Crippen molar-refractivity contribution in [2.75, 3.05) is 28.8 Å². The number of hydrogen-bond donors (Lipinski definition) is 0. The van der Waals surface area contributed by atoms with E-state index in [1.54, 1.807) is 12.4 Å². The van der Waals surface area contributed by atoms with Gasteiger partial charge in [0.2, 0.25) is 0 Å². The molecule has 0 amide bonds. The molecule has 2 aliphatic rings. The fraction of sp³-hybridized carbons (Fsp3) is 0.0833. The molecule has 29 heavy (non-hydrogen) atoms. The van der Waals surface area contributed by atoms with Gasteiger partial charge in [-0.3, -0.25) is 9.97 Å². The molecular formula is C24H19N5. The van der Waals surface area contributed by atoms with E-state index in [0.717, 1.165) is 22.6 Å². The van der Waals surface area contributed by atoms with Crippen LogP contribution in [0.4, 0.5) is 39.8 Å². The highest BCUT2D eigenvalue weighted by atomic mass is 15.3. The Labute approximate surface area is 169 Å². The van der Waals surface area contributed by atoms with Crippen LogP contribution in [0.5, 0.6) is 0 Å². The summed E-state index contributed by atoms with van der Waals surface area (Å²) in [6, 6.07) is 21.6. The lowest BCUT2D eigenvalue weighted by atomic mass is 9.98. The van der Waals surface area contributed by atoms with Crippen molar-refractivity contribution in [1.82, 2.24) is 9.97 Å². The minimum Gasteiger partial charge on any atom is -0.341 e. The van der Waals surface area contributed by atoms with Crippen molar-refractivity contribution in [3.05, 3.63) is 79.3 Å². The van der Waals surface area contributed by atoms with Gasteiger partial charge >= 0.3 is 0 Å². The molecule has 0 saturated heterocycles. The summed E-state index contributed by atoms with van der Waals surface area (Å²) in [5.74, 6) is 0. The number of hydrogen-bond acceptors (Lipinski definition) is 5. The Morgan fingerprint density at radius 3 is 1.72 bits per heavy atom. The van der Waals surface area contributed by atoms with Gasteiger partial charge in [0.1, 0.15) is 0 Å². The van der Waals surface area contributed by atoms with E-state index < -0.39 is 0 Å². The van der Waals surface area contributed by atoms with E-state index in [4.69, 9.17) is 0 Å². The summed E-state index contributed by atoms with van der Waals surface area (Å²) in [6.45, 7) is 0. The topological polar surface area (TPSA) is 35.5 Å². The van der Waals surface area contributed by atoms with Crippen LogP contribution >= 0.6 is 0 Å². The van der Waals surface area contributed by atoms with Crippen LogP contribution in [0, 0.1) is 0 Å². The quantitative estimate of drug-likeness (QED) is 0.420. The van der Waals surface area contributed by atoms with E-state index in [1.807, 2.05) is 6.20 Å². The van der Waals surface area contributed by atoms with Crippen molar-refractivity contribution in [3.63, 3.8) is 0 Å². The number of benzene rings is 3. The zero-order chi connectivity index (χ0) is 19.5. The summed E-state index contributed by atoms with van der Waals surface area (Å²) >= 11 is 0. The maximum Gasteiger partial charge on any atom is 0.0940 e. The molecule has 0 N–H and O–H groups in total. The van der Waals surface area contributed by atoms with Crippen molar-refractivity contribution >= 4 is 39.8 Å². The van der Waals surface area contributed by atoms with Gasteiger partial charge in [0, 0.05) is 32.1 Å². The molecule has 0 aliphatic carbocycles. The van der Waals surface area contributed by atoms with E-state index >= 15 is 0 Å². The zero-order valence-electron chi connectivity index (χ0n) is 16.2. The molecule has 3 heterocycles. The van der Waals surface area contributed by atoms with E-state index in [1.165, 1.54) is 28.4 Å². The molecule has 3 aromatic carbocycles. The second-order valence-electron chi connectivity index (χ2n) is 7.38. The van der Waals surface area contributed by atoms with Crippen molar-refractivity contribution in [1.29, 1.82) is 0 Å². The van der Waals surface area contributed by atoms with Crippen LogP contribution in [0.25, 0.3) is 11.3 Å². The zero-order valence-corrected chi connectivity index (χ0v) is 16.2. The molecule has 5 nitrogen and oxygen atoms in total. The van der Waals surface area contributed by atoms with Gasteiger partial charge in [-0.05, 0) is 36.4 Å². The fourth-order valence-corrected chi connectivity index (χ4v) is 4.44. The highest BCUT2D eigenvalue weighted by Gasteiger charge is 2.36. The molecule has 0 fully saturated rings. The number of rotatable bonds is 1. The van der Waals surface area contributed by atoms with Crippen LogP contribution < -0.4 is 14.7 Å². The van der Waals surface area contributed by atoms with Crippen molar-refractivity contribution in [2.24, 2.45) is 0 Å². The van der Waals surface area contributed by atoms with Gasteiger partial charge < -0.3 is 14.7 Å². The molecular weight excluding hydrogens is 358 g/mol. The lowest BCUT2D eigenvalue weighted by molar-refractivity contribution is 1.07. The standard InChI is InChI=1S/C24H19N5/c1-27-18-7-3-5-9-20(18)29-21-10-6-4-8-19(21)28(2)23-14-16(13-22(27)24(23)29)17-15-25-11-12-26-17/h3-15H,1-2H3. The molecule has 5 heteroatoms. The number of fused-ring (bicyclic) bond motifs is 4. The van der Waals surface area contributed by atoms with E-state index in [0.29, 0.717) is 0 Å². The van der Waals surface area contributed by atoms with Gasteiger partial charge in [-0.1, -0.05) is 24.3 Å². The Balaban J connectivity index is 1.70. The first-order valence-corrected chi connectivity index (χ1v) is 9.64. The Morgan fingerprint density at radius 2 is 1.21 bits per heavy atom. The predicted molar refractivity (Wildman–Crippen MR) is 118 cm³/mol. The lowest BCUT2D eigenvalue weighted by Crippen LogP contribution is -2.30. The Hall–Kier alpha value is -3.86. The maximum atomic E-state index is 4.54. The molecule has 0 bridgehead atoms. The maximum absolute atomic E-state index is 4.54. The van der Waals surface area contributed by atoms with Gasteiger partial charge in [-0.2, -0.15) is 0 Å². The Kier molecular flexibility index (Phi) is 3.23. The molecule has 0 unspecified atom stereocenters. The number of para-hydroxylation sites is 4. The number of anilines is 7. The molecule has 0 saturated carbocycles. The minimum absolute atomic E-state index is 0.873. The third-order valence-electron chi connectivity index (χ3n) is 5.84. The lowest BCUT2D eigenvalue weighted by Gasteiger charge is -2.45. The van der Waals surface area contributed by atoms with Gasteiger partial charge in [0.15, 0.2) is 0 Å². The van der Waals surface area contributed by atoms with Crippen LogP contribution in [-0.2, 0) is 0 Å². The van der Waals surface area contributed by atoms with Crippen molar-refractivity contribution < 1.29 is 0 Å². The van der Waals surface area contributed by atoms with Crippen LogP contribution in [0.2, 0.25) is 0 Å². The SMILES string of the molecule is CN1c2ccccc2N2c3ccccc3N(C)c3cc(-c4cnccn4)cc1c32. The van der Waals surface area contributed by atoms with E-state index in [-0.39, 0.29) is 0 Å². The molecule has 1 aromatic heterocycles. The largest absolute Gasteiger partial charge is 0.341 e. The predicted octanol–water partition coefficient (Wildman–Crippen LogP) is 5.78. The van der Waals surface area contributed by atoms with Gasteiger partial charge in [0.25, 0.3) is 0 Å². The first-order valence-electron chi connectivity index (χ1n) is 9.64. The smallest absolute Gasteiger partial charge is 0.0940 e. The second-order valence-corrected chi connectivity index (χ2v) is 7.38. The highest BCUT2D eigenvalue weighted by Crippen LogP contribution is 2.60. The minimum atomic E-state index is 0.873. The third-order valence-corrected chi connectivity index (χ3v) is 5.84. The molecule has 4 aromatic rings. The first kappa shape index (κ1) is 16.1. The Bertz CT molecular complexity index is 1180. The third kappa shape index (κ3) is 2.15. The van der Waals surface area contributed by atoms with E-state index in [2.05, 4.69) is 99.4 Å². The molecule has 6 rings (SSSR count). The van der Waals surface area contributed by atoms with Crippen LogP contribution in [0.15, 0.2) is 79.3 Å². The van der Waals surface area contributed by atoms with Crippen LogP contribution in [0.1, 0.15) is 0 Å². The van der Waals surface area contributed by atoms with Gasteiger partial charge in [0.05, 0.1) is 51.7 Å². The monoisotopic (exact) mass is 377 g/mol. The molecule has 2 aliphatic heterocycles. The summed E-state index contributed by atoms with van der Waals surface area (Å²) in [6.07, 6.45) is 5.27. The highest BCUT2D eigenvalue weighted by molar-refractivity contribution is 6.09. The normalized spacial score (nSPS) is 13.7. The molecule has 0 spiro atoms. The van der Waals surface area contributed by atoms with E-state index in [9.17, 15) is 0 Å². The van der Waals surface area contributed by atoms with Crippen LogP contribution in [-0.4, -0.2) is 24.1 Å². The summed E-state index contributed by atoms with van der Waals surface area (Å²) < 4.78 is 0. The van der Waals surface area contributed by atoms with Gasteiger partial charge in [-0.25, -0.2) is 0 Å². The average Bonchev–Trinajstić information content (AvgIpc) is 2.79. The average molecular weight is 377 g/mol.